The number of aromatic nitrogens is 1. The second-order valence-corrected chi connectivity index (χ2v) is 9.23. The molecule has 0 bridgehead atoms. The maximum atomic E-state index is 14.8. The van der Waals surface area contributed by atoms with Crippen LogP contribution in [0.3, 0.4) is 0 Å². The van der Waals surface area contributed by atoms with Crippen LogP contribution in [0.5, 0.6) is 0 Å². The summed E-state index contributed by atoms with van der Waals surface area (Å²) in [6, 6.07) is 12.8. The summed E-state index contributed by atoms with van der Waals surface area (Å²) in [5.41, 5.74) is 2.07. The predicted octanol–water partition coefficient (Wildman–Crippen LogP) is 4.47. The molecule has 0 radical (unpaired) electrons. The second-order valence-electron chi connectivity index (χ2n) is 9.23. The summed E-state index contributed by atoms with van der Waals surface area (Å²) < 4.78 is 34.4. The van der Waals surface area contributed by atoms with Gasteiger partial charge in [-0.2, -0.15) is 0 Å². The molecule has 1 aliphatic heterocycles. The van der Waals surface area contributed by atoms with Crippen molar-refractivity contribution in [3.05, 3.63) is 89.4 Å². The van der Waals surface area contributed by atoms with Gasteiger partial charge in [-0.05, 0) is 41.5 Å². The Morgan fingerprint density at radius 2 is 1.94 bits per heavy atom. The minimum Gasteiger partial charge on any atom is -0.449 e. The summed E-state index contributed by atoms with van der Waals surface area (Å²) in [6.07, 6.45) is 3.86. The number of benzene rings is 2. The summed E-state index contributed by atoms with van der Waals surface area (Å²) in [7, 11) is 0. The van der Waals surface area contributed by atoms with E-state index in [9.17, 15) is 18.4 Å². The number of carbonyl (C=O) groups is 2. The van der Waals surface area contributed by atoms with Gasteiger partial charge in [-0.25, -0.2) is 13.8 Å². The van der Waals surface area contributed by atoms with E-state index >= 15 is 0 Å². The lowest BCUT2D eigenvalue weighted by atomic mass is 9.96. The van der Waals surface area contributed by atoms with Gasteiger partial charge in [-0.1, -0.05) is 42.5 Å². The average Bonchev–Trinajstić information content (AvgIpc) is 3.41. The number of nitrogens with zero attached hydrogens (tertiary/aromatic N) is 2. The SMILES string of the molecule is O=C(N[C@@H](c1ccccc1)c1ccc(C2CC2)c(F)c1)[C@@H]1C[C@@H](F)CN1C(=O)CCc1ncco1. The number of alkyl halides is 1. The van der Waals surface area contributed by atoms with E-state index in [2.05, 4.69) is 10.3 Å². The van der Waals surface area contributed by atoms with Crippen LogP contribution in [0.2, 0.25) is 0 Å². The van der Waals surface area contributed by atoms with Crippen LogP contribution in [0, 0.1) is 5.82 Å². The molecule has 1 aromatic heterocycles. The van der Waals surface area contributed by atoms with Crippen molar-refractivity contribution >= 4 is 11.8 Å². The molecule has 1 N–H and O–H groups in total. The molecular formula is C27H27F2N3O3. The fraction of sp³-hybridized carbons (Fsp3) is 0.370. The van der Waals surface area contributed by atoms with Crippen molar-refractivity contribution in [2.24, 2.45) is 0 Å². The van der Waals surface area contributed by atoms with E-state index in [4.69, 9.17) is 4.42 Å². The molecule has 0 unspecified atom stereocenters. The third-order valence-corrected chi connectivity index (χ3v) is 6.70. The molecular weight excluding hydrogens is 452 g/mol. The molecule has 2 amide bonds. The largest absolute Gasteiger partial charge is 0.449 e. The predicted molar refractivity (Wildman–Crippen MR) is 125 cm³/mol. The van der Waals surface area contributed by atoms with Crippen LogP contribution in [0.15, 0.2) is 65.4 Å². The van der Waals surface area contributed by atoms with Crippen LogP contribution >= 0.6 is 0 Å². The summed E-state index contributed by atoms with van der Waals surface area (Å²) in [5.74, 6) is -0.399. The minimum atomic E-state index is -1.29. The van der Waals surface area contributed by atoms with Gasteiger partial charge < -0.3 is 14.6 Å². The number of nitrogens with one attached hydrogen (secondary N) is 1. The van der Waals surface area contributed by atoms with Gasteiger partial charge in [0.1, 0.15) is 24.3 Å². The van der Waals surface area contributed by atoms with E-state index in [0.29, 0.717) is 17.0 Å². The van der Waals surface area contributed by atoms with E-state index in [0.717, 1.165) is 18.4 Å². The van der Waals surface area contributed by atoms with Crippen molar-refractivity contribution in [2.45, 2.75) is 56.3 Å². The molecule has 3 aromatic rings. The Bertz CT molecular complexity index is 1180. The molecule has 2 heterocycles. The average molecular weight is 480 g/mol. The molecule has 2 aromatic carbocycles. The van der Waals surface area contributed by atoms with E-state index in [1.54, 1.807) is 6.07 Å². The quantitative estimate of drug-likeness (QED) is 0.517. The number of hydrogen-bond donors (Lipinski definition) is 1. The Hall–Kier alpha value is -3.55. The minimum absolute atomic E-state index is 0.0625. The number of hydrogen-bond acceptors (Lipinski definition) is 4. The first-order valence-electron chi connectivity index (χ1n) is 12.0. The molecule has 1 saturated heterocycles. The first-order valence-corrected chi connectivity index (χ1v) is 12.0. The van der Waals surface area contributed by atoms with E-state index in [1.807, 2.05) is 36.4 Å². The molecule has 35 heavy (non-hydrogen) atoms. The Balaban J connectivity index is 1.35. The molecule has 1 aliphatic carbocycles. The number of amides is 2. The molecule has 3 atom stereocenters. The zero-order valence-corrected chi connectivity index (χ0v) is 19.2. The lowest BCUT2D eigenvalue weighted by Gasteiger charge is -2.27. The van der Waals surface area contributed by atoms with Crippen molar-refractivity contribution in [3.63, 3.8) is 0 Å². The number of likely N-dealkylation sites (tertiary alicyclic amines) is 1. The van der Waals surface area contributed by atoms with Crippen LogP contribution < -0.4 is 5.32 Å². The molecule has 6 nitrogen and oxygen atoms in total. The lowest BCUT2D eigenvalue weighted by molar-refractivity contribution is -0.138. The molecule has 0 spiro atoms. The molecule has 2 aliphatic rings. The Morgan fingerprint density at radius 1 is 1.14 bits per heavy atom. The van der Waals surface area contributed by atoms with Crippen LogP contribution in [0.1, 0.15) is 60.2 Å². The van der Waals surface area contributed by atoms with Gasteiger partial charge in [0.2, 0.25) is 11.8 Å². The number of oxazole rings is 1. The highest BCUT2D eigenvalue weighted by Gasteiger charge is 2.40. The summed E-state index contributed by atoms with van der Waals surface area (Å²) in [4.78, 5) is 31.5. The standard InChI is InChI=1S/C27H27F2N3O3/c28-20-15-23(32(16-20)25(33)11-10-24-30-12-13-35-24)27(34)31-26(18-4-2-1-3-5-18)19-8-9-21(17-6-7-17)22(29)14-19/h1-5,8-9,12-14,17,20,23,26H,6-7,10-11,15-16H2,(H,31,34)/t20-,23+,26+/m1/s1. The van der Waals surface area contributed by atoms with E-state index < -0.39 is 24.2 Å². The van der Waals surface area contributed by atoms with Crippen molar-refractivity contribution in [1.82, 2.24) is 15.2 Å². The maximum Gasteiger partial charge on any atom is 0.243 e. The van der Waals surface area contributed by atoms with E-state index in [-0.39, 0.29) is 43.4 Å². The molecule has 182 valence electrons. The van der Waals surface area contributed by atoms with Crippen LogP contribution in [-0.2, 0) is 16.0 Å². The summed E-state index contributed by atoms with van der Waals surface area (Å²) in [6.45, 7) is -0.136. The van der Waals surface area contributed by atoms with Crippen molar-refractivity contribution in [3.8, 4) is 0 Å². The smallest absolute Gasteiger partial charge is 0.243 e. The van der Waals surface area contributed by atoms with Crippen LogP contribution in [0.4, 0.5) is 8.78 Å². The van der Waals surface area contributed by atoms with Crippen LogP contribution in [0.25, 0.3) is 0 Å². The van der Waals surface area contributed by atoms with Gasteiger partial charge in [-0.3, -0.25) is 9.59 Å². The third kappa shape index (κ3) is 5.26. The fourth-order valence-corrected chi connectivity index (χ4v) is 4.73. The second kappa shape index (κ2) is 9.98. The summed E-state index contributed by atoms with van der Waals surface area (Å²) in [5, 5.41) is 2.96. The number of rotatable bonds is 8. The van der Waals surface area contributed by atoms with Gasteiger partial charge in [0.05, 0.1) is 18.8 Å². The third-order valence-electron chi connectivity index (χ3n) is 6.70. The van der Waals surface area contributed by atoms with Crippen molar-refractivity contribution in [2.75, 3.05) is 6.54 Å². The number of aryl methyl sites for hydroxylation is 1. The van der Waals surface area contributed by atoms with Gasteiger partial charge in [0, 0.05) is 19.3 Å². The van der Waals surface area contributed by atoms with Crippen molar-refractivity contribution < 1.29 is 22.8 Å². The molecule has 1 saturated carbocycles. The van der Waals surface area contributed by atoms with Gasteiger partial charge in [-0.15, -0.1) is 0 Å². The van der Waals surface area contributed by atoms with Gasteiger partial charge in [0.15, 0.2) is 5.89 Å². The normalized spacial score (nSPS) is 20.6. The zero-order chi connectivity index (χ0) is 24.4. The number of halogens is 2. The Labute approximate surface area is 202 Å². The zero-order valence-electron chi connectivity index (χ0n) is 19.2. The topological polar surface area (TPSA) is 75.4 Å². The monoisotopic (exact) mass is 479 g/mol. The van der Waals surface area contributed by atoms with Crippen molar-refractivity contribution in [1.29, 1.82) is 0 Å². The highest BCUT2D eigenvalue weighted by Crippen LogP contribution is 2.42. The maximum absolute atomic E-state index is 14.8. The van der Waals surface area contributed by atoms with Crippen LogP contribution in [-0.4, -0.2) is 40.5 Å². The van der Waals surface area contributed by atoms with Gasteiger partial charge >= 0.3 is 0 Å². The highest BCUT2D eigenvalue weighted by atomic mass is 19.1. The van der Waals surface area contributed by atoms with Gasteiger partial charge in [0.25, 0.3) is 0 Å². The Kier molecular flexibility index (Phi) is 6.61. The summed E-state index contributed by atoms with van der Waals surface area (Å²) >= 11 is 0. The van der Waals surface area contributed by atoms with E-state index in [1.165, 1.54) is 23.4 Å². The molecule has 5 rings (SSSR count). The highest BCUT2D eigenvalue weighted by molar-refractivity contribution is 5.89. The first kappa shape index (κ1) is 23.2. The molecule has 2 fully saturated rings. The lowest BCUT2D eigenvalue weighted by Crippen LogP contribution is -2.47. The first-order chi connectivity index (χ1) is 17.0. The number of carbonyl (C=O) groups excluding carboxylic acids is 2. The molecule has 8 heteroatoms. The Morgan fingerprint density at radius 3 is 2.63 bits per heavy atom. The fourth-order valence-electron chi connectivity index (χ4n) is 4.73.